The zero-order valence-corrected chi connectivity index (χ0v) is 12.7. The molecule has 1 N–H and O–H groups in total. The van der Waals surface area contributed by atoms with Gasteiger partial charge in [0.15, 0.2) is 0 Å². The highest BCUT2D eigenvalue weighted by molar-refractivity contribution is 5.87. The van der Waals surface area contributed by atoms with E-state index in [0.29, 0.717) is 12.1 Å². The van der Waals surface area contributed by atoms with Crippen molar-refractivity contribution >= 4 is 5.97 Å². The van der Waals surface area contributed by atoms with Gasteiger partial charge in [-0.05, 0) is 25.5 Å². The Morgan fingerprint density at radius 1 is 1.36 bits per heavy atom. The molecule has 0 saturated heterocycles. The van der Waals surface area contributed by atoms with Crippen LogP contribution in [0.2, 0.25) is 0 Å². The number of hydrogen-bond acceptors (Lipinski definition) is 4. The molecule has 0 fully saturated rings. The van der Waals surface area contributed by atoms with Crippen molar-refractivity contribution in [3.63, 3.8) is 0 Å². The van der Waals surface area contributed by atoms with E-state index < -0.39 is 5.97 Å². The van der Waals surface area contributed by atoms with Gasteiger partial charge in [-0.3, -0.25) is 9.88 Å². The van der Waals surface area contributed by atoms with E-state index in [1.165, 1.54) is 6.07 Å². The van der Waals surface area contributed by atoms with Gasteiger partial charge in [-0.25, -0.2) is 9.78 Å². The smallest absolute Gasteiger partial charge is 0.335 e. The van der Waals surface area contributed by atoms with Crippen LogP contribution in [0.25, 0.3) is 0 Å². The van der Waals surface area contributed by atoms with E-state index in [9.17, 15) is 4.79 Å². The lowest BCUT2D eigenvalue weighted by atomic mass is 10.2. The summed E-state index contributed by atoms with van der Waals surface area (Å²) in [5.41, 5.74) is 2.17. The number of aryl methyl sites for hydroxylation is 2. The molecule has 0 aromatic carbocycles. The number of hydrogen-bond donors (Lipinski definition) is 1. The molecule has 2 aromatic heterocycles. The first-order valence-corrected chi connectivity index (χ1v) is 7.55. The van der Waals surface area contributed by atoms with Gasteiger partial charge >= 0.3 is 5.97 Å². The third-order valence-electron chi connectivity index (χ3n) is 3.95. The monoisotopic (exact) mass is 300 g/mol. The van der Waals surface area contributed by atoms with Crippen molar-refractivity contribution in [3.8, 4) is 0 Å². The predicted octanol–water partition coefficient (Wildman–Crippen LogP) is 1.73. The van der Waals surface area contributed by atoms with Gasteiger partial charge in [-0.15, -0.1) is 0 Å². The molecular weight excluding hydrogens is 280 g/mol. The lowest BCUT2D eigenvalue weighted by Crippen LogP contribution is -2.30. The number of aromatic nitrogens is 3. The average molecular weight is 300 g/mol. The number of rotatable bonds is 3. The minimum atomic E-state index is -0.909. The fourth-order valence-electron chi connectivity index (χ4n) is 2.91. The van der Waals surface area contributed by atoms with Crippen LogP contribution in [0.15, 0.2) is 24.5 Å². The van der Waals surface area contributed by atoms with Gasteiger partial charge in [0.05, 0.1) is 17.0 Å². The Kier molecular flexibility index (Phi) is 4.20. The van der Waals surface area contributed by atoms with Crippen molar-refractivity contribution in [2.75, 3.05) is 13.1 Å². The zero-order chi connectivity index (χ0) is 15.5. The van der Waals surface area contributed by atoms with E-state index in [-0.39, 0.29) is 0 Å². The number of fused-ring (bicyclic) bond motifs is 1. The molecular formula is C16H20N4O2. The van der Waals surface area contributed by atoms with Gasteiger partial charge in [0, 0.05) is 45.0 Å². The Bertz CT molecular complexity index is 681. The van der Waals surface area contributed by atoms with E-state index in [4.69, 9.17) is 5.11 Å². The maximum absolute atomic E-state index is 11.0. The van der Waals surface area contributed by atoms with E-state index in [1.807, 2.05) is 6.92 Å². The molecule has 0 unspecified atom stereocenters. The summed E-state index contributed by atoms with van der Waals surface area (Å²) in [7, 11) is 0. The normalized spacial score (nSPS) is 15.9. The molecule has 1 aliphatic rings. The molecule has 3 heterocycles. The highest BCUT2D eigenvalue weighted by Crippen LogP contribution is 2.12. The summed E-state index contributed by atoms with van der Waals surface area (Å²) in [6, 6.07) is 3.19. The van der Waals surface area contributed by atoms with Crippen LogP contribution < -0.4 is 0 Å². The SMILES string of the molecule is Cc1cn2c(n1)CCN(Cc1cc(C(=O)O)ccn1)CCC2. The Labute approximate surface area is 129 Å². The number of carboxylic acid groups (broad SMARTS) is 1. The quantitative estimate of drug-likeness (QED) is 0.934. The van der Waals surface area contributed by atoms with Gasteiger partial charge in [0.1, 0.15) is 5.82 Å². The molecule has 0 aliphatic carbocycles. The highest BCUT2D eigenvalue weighted by Gasteiger charge is 2.15. The average Bonchev–Trinajstić information content (AvgIpc) is 2.82. The number of imidazole rings is 1. The van der Waals surface area contributed by atoms with Crippen molar-refractivity contribution < 1.29 is 9.90 Å². The maximum Gasteiger partial charge on any atom is 0.335 e. The van der Waals surface area contributed by atoms with Crippen molar-refractivity contribution in [1.82, 2.24) is 19.4 Å². The second kappa shape index (κ2) is 6.27. The summed E-state index contributed by atoms with van der Waals surface area (Å²) >= 11 is 0. The van der Waals surface area contributed by atoms with Crippen LogP contribution in [-0.4, -0.2) is 43.6 Å². The number of nitrogens with zero attached hydrogens (tertiary/aromatic N) is 4. The van der Waals surface area contributed by atoms with E-state index >= 15 is 0 Å². The third-order valence-corrected chi connectivity index (χ3v) is 3.95. The largest absolute Gasteiger partial charge is 0.478 e. The van der Waals surface area contributed by atoms with E-state index in [1.54, 1.807) is 12.3 Å². The maximum atomic E-state index is 11.0. The second-order valence-electron chi connectivity index (χ2n) is 5.71. The second-order valence-corrected chi connectivity index (χ2v) is 5.71. The lowest BCUT2D eigenvalue weighted by Gasteiger charge is -2.24. The Morgan fingerprint density at radius 3 is 3.05 bits per heavy atom. The fourth-order valence-corrected chi connectivity index (χ4v) is 2.91. The standard InChI is InChI=1S/C16H20N4O2/c1-12-10-20-7-2-6-19(8-4-15(20)18-12)11-14-9-13(16(21)22)3-5-17-14/h3,5,9-10H,2,4,6-8,11H2,1H3,(H,21,22). The number of carboxylic acids is 1. The Balaban J connectivity index is 1.68. The Hall–Kier alpha value is -2.21. The molecule has 0 spiro atoms. The zero-order valence-electron chi connectivity index (χ0n) is 12.7. The van der Waals surface area contributed by atoms with Crippen molar-refractivity contribution in [3.05, 3.63) is 47.3 Å². The molecule has 0 amide bonds. The molecule has 6 nitrogen and oxygen atoms in total. The molecule has 116 valence electrons. The Morgan fingerprint density at radius 2 is 2.23 bits per heavy atom. The predicted molar refractivity (Wildman–Crippen MR) is 81.8 cm³/mol. The van der Waals surface area contributed by atoms with Crippen LogP contribution in [0.3, 0.4) is 0 Å². The minimum absolute atomic E-state index is 0.295. The first-order chi connectivity index (χ1) is 10.6. The van der Waals surface area contributed by atoms with Crippen LogP contribution in [0.1, 0.15) is 34.0 Å². The molecule has 22 heavy (non-hydrogen) atoms. The number of pyridine rings is 1. The summed E-state index contributed by atoms with van der Waals surface area (Å²) in [4.78, 5) is 22.2. The van der Waals surface area contributed by atoms with Crippen LogP contribution in [0, 0.1) is 6.92 Å². The van der Waals surface area contributed by atoms with Gasteiger partial charge in [-0.2, -0.15) is 0 Å². The minimum Gasteiger partial charge on any atom is -0.478 e. The molecule has 6 heteroatoms. The summed E-state index contributed by atoms with van der Waals surface area (Å²) in [5, 5.41) is 9.06. The lowest BCUT2D eigenvalue weighted by molar-refractivity contribution is 0.0696. The van der Waals surface area contributed by atoms with Crippen molar-refractivity contribution in [2.24, 2.45) is 0 Å². The fraction of sp³-hybridized carbons (Fsp3) is 0.438. The van der Waals surface area contributed by atoms with Crippen LogP contribution in [0.4, 0.5) is 0 Å². The van der Waals surface area contributed by atoms with Crippen molar-refractivity contribution in [1.29, 1.82) is 0 Å². The highest BCUT2D eigenvalue weighted by atomic mass is 16.4. The molecule has 3 rings (SSSR count). The molecule has 0 atom stereocenters. The number of aromatic carboxylic acids is 1. The van der Waals surface area contributed by atoms with E-state index in [2.05, 4.69) is 25.6 Å². The first kappa shape index (κ1) is 14.7. The topological polar surface area (TPSA) is 71.2 Å². The summed E-state index contributed by atoms with van der Waals surface area (Å²) in [6.45, 7) is 5.58. The molecule has 0 saturated carbocycles. The van der Waals surface area contributed by atoms with Gasteiger partial charge in [0.25, 0.3) is 0 Å². The summed E-state index contributed by atoms with van der Waals surface area (Å²) in [5.74, 6) is 0.225. The third kappa shape index (κ3) is 3.33. The van der Waals surface area contributed by atoms with Gasteiger partial charge < -0.3 is 9.67 Å². The first-order valence-electron chi connectivity index (χ1n) is 7.55. The summed E-state index contributed by atoms with van der Waals surface area (Å²) < 4.78 is 2.25. The van der Waals surface area contributed by atoms with Crippen molar-refractivity contribution in [2.45, 2.75) is 32.9 Å². The van der Waals surface area contributed by atoms with Gasteiger partial charge in [-0.1, -0.05) is 0 Å². The number of carbonyl (C=O) groups is 1. The van der Waals surface area contributed by atoms with Crippen LogP contribution in [-0.2, 0) is 19.5 Å². The van der Waals surface area contributed by atoms with Crippen LogP contribution >= 0.6 is 0 Å². The molecule has 2 aromatic rings. The van der Waals surface area contributed by atoms with E-state index in [0.717, 1.165) is 49.7 Å². The molecule has 1 aliphatic heterocycles. The molecule has 0 bridgehead atoms. The summed E-state index contributed by atoms with van der Waals surface area (Å²) in [6.07, 6.45) is 5.65. The van der Waals surface area contributed by atoms with Crippen LogP contribution in [0.5, 0.6) is 0 Å². The van der Waals surface area contributed by atoms with Gasteiger partial charge in [0.2, 0.25) is 0 Å². The molecule has 0 radical (unpaired) electrons.